The van der Waals surface area contributed by atoms with Gasteiger partial charge in [-0.3, -0.25) is 4.79 Å². The van der Waals surface area contributed by atoms with Crippen LogP contribution in [0.25, 0.3) is 6.08 Å². The molecule has 5 nitrogen and oxygen atoms in total. The summed E-state index contributed by atoms with van der Waals surface area (Å²) in [6, 6.07) is 3.83. The number of amides is 1. The van der Waals surface area contributed by atoms with Gasteiger partial charge in [-0.25, -0.2) is 0 Å². The molecule has 0 aliphatic heterocycles. The Kier molecular flexibility index (Phi) is 6.53. The molecule has 1 aromatic rings. The first-order chi connectivity index (χ1) is 11.6. The van der Waals surface area contributed by atoms with Crippen molar-refractivity contribution in [1.29, 1.82) is 0 Å². The van der Waals surface area contributed by atoms with Crippen LogP contribution >= 0.6 is 0 Å². The highest BCUT2D eigenvalue weighted by Gasteiger charge is 2.19. The van der Waals surface area contributed by atoms with Crippen LogP contribution in [-0.4, -0.2) is 33.3 Å². The van der Waals surface area contributed by atoms with Gasteiger partial charge in [0.05, 0.1) is 21.3 Å². The molecule has 1 fully saturated rings. The Morgan fingerprint density at radius 3 is 2.17 bits per heavy atom. The molecule has 0 aromatic heterocycles. The first-order valence-electron chi connectivity index (χ1n) is 8.36. The smallest absolute Gasteiger partial charge is 0.244 e. The third-order valence-electron chi connectivity index (χ3n) is 4.51. The van der Waals surface area contributed by atoms with Gasteiger partial charge in [0.25, 0.3) is 0 Å². The summed E-state index contributed by atoms with van der Waals surface area (Å²) in [5.41, 5.74) is 0.766. The maximum absolute atomic E-state index is 12.1. The van der Waals surface area contributed by atoms with Crippen LogP contribution < -0.4 is 19.5 Å². The first kappa shape index (κ1) is 18.2. The monoisotopic (exact) mass is 333 g/mol. The fraction of sp³-hybridized carbons (Fsp3) is 0.526. The zero-order valence-corrected chi connectivity index (χ0v) is 14.9. The molecule has 0 atom stereocenters. The number of nitrogens with one attached hydrogen (secondary N) is 1. The van der Waals surface area contributed by atoms with Crippen molar-refractivity contribution in [2.75, 3.05) is 21.3 Å². The summed E-state index contributed by atoms with van der Waals surface area (Å²) in [6.45, 7) is 2.27. The summed E-state index contributed by atoms with van der Waals surface area (Å²) < 4.78 is 15.9. The summed E-state index contributed by atoms with van der Waals surface area (Å²) in [5, 5.41) is 3.08. The standard InChI is InChI=1S/C19H27NO4/c1-13-5-8-15(9-6-13)20-19(21)10-7-14-11-17(23-3)18(24-4)12-16(14)22-2/h7,10-13,15H,5-6,8-9H2,1-4H3,(H,20,21)/b10-7+. The second kappa shape index (κ2) is 8.62. The number of rotatable bonds is 6. The van der Waals surface area contributed by atoms with Crippen molar-refractivity contribution in [2.45, 2.75) is 38.6 Å². The Bertz CT molecular complexity index is 589. The lowest BCUT2D eigenvalue weighted by Crippen LogP contribution is -2.36. The molecule has 1 aromatic carbocycles. The van der Waals surface area contributed by atoms with Crippen molar-refractivity contribution in [3.8, 4) is 17.2 Å². The quantitative estimate of drug-likeness (QED) is 0.811. The molecule has 24 heavy (non-hydrogen) atoms. The Hall–Kier alpha value is -2.17. The number of ether oxygens (including phenoxy) is 3. The van der Waals surface area contributed by atoms with Crippen LogP contribution in [0.4, 0.5) is 0 Å². The molecule has 0 unspecified atom stereocenters. The van der Waals surface area contributed by atoms with E-state index in [1.807, 2.05) is 0 Å². The minimum atomic E-state index is -0.0774. The average Bonchev–Trinajstić information content (AvgIpc) is 2.61. The molecular formula is C19H27NO4. The fourth-order valence-electron chi connectivity index (χ4n) is 3.00. The molecule has 132 valence electrons. The molecule has 0 radical (unpaired) electrons. The van der Waals surface area contributed by atoms with Gasteiger partial charge in [-0.15, -0.1) is 0 Å². The van der Waals surface area contributed by atoms with Crippen LogP contribution in [0.3, 0.4) is 0 Å². The molecule has 1 aliphatic rings. The maximum atomic E-state index is 12.1. The summed E-state index contributed by atoms with van der Waals surface area (Å²) >= 11 is 0. The highest BCUT2D eigenvalue weighted by molar-refractivity contribution is 5.92. The van der Waals surface area contributed by atoms with E-state index in [0.29, 0.717) is 17.2 Å². The van der Waals surface area contributed by atoms with Crippen LogP contribution in [0.2, 0.25) is 0 Å². The minimum absolute atomic E-state index is 0.0774. The van der Waals surface area contributed by atoms with E-state index in [1.165, 1.54) is 12.8 Å². The molecule has 0 spiro atoms. The number of carbonyl (C=O) groups excluding carboxylic acids is 1. The largest absolute Gasteiger partial charge is 0.496 e. The van der Waals surface area contributed by atoms with Crippen LogP contribution in [-0.2, 0) is 4.79 Å². The molecule has 1 aliphatic carbocycles. The Labute approximate surface area is 144 Å². The molecule has 1 amide bonds. The third kappa shape index (κ3) is 4.66. The average molecular weight is 333 g/mol. The lowest BCUT2D eigenvalue weighted by molar-refractivity contribution is -0.117. The second-order valence-electron chi connectivity index (χ2n) is 6.25. The minimum Gasteiger partial charge on any atom is -0.496 e. The predicted molar refractivity (Wildman–Crippen MR) is 94.7 cm³/mol. The van der Waals surface area contributed by atoms with Gasteiger partial charge in [-0.05, 0) is 43.7 Å². The highest BCUT2D eigenvalue weighted by Crippen LogP contribution is 2.35. The fourth-order valence-corrected chi connectivity index (χ4v) is 3.00. The van der Waals surface area contributed by atoms with Crippen molar-refractivity contribution in [2.24, 2.45) is 5.92 Å². The van der Waals surface area contributed by atoms with Gasteiger partial charge in [-0.2, -0.15) is 0 Å². The van der Waals surface area contributed by atoms with Gasteiger partial charge >= 0.3 is 0 Å². The van der Waals surface area contributed by atoms with Gasteiger partial charge in [0.15, 0.2) is 11.5 Å². The van der Waals surface area contributed by atoms with Crippen LogP contribution in [0.5, 0.6) is 17.2 Å². The summed E-state index contributed by atoms with van der Waals surface area (Å²) in [6.07, 6.45) is 7.75. The molecule has 0 heterocycles. The number of hydrogen-bond acceptors (Lipinski definition) is 4. The van der Waals surface area contributed by atoms with Gasteiger partial charge in [0.1, 0.15) is 5.75 Å². The summed E-state index contributed by atoms with van der Waals surface area (Å²) in [5.74, 6) is 2.51. The van der Waals surface area contributed by atoms with Gasteiger partial charge in [0, 0.05) is 23.7 Å². The van der Waals surface area contributed by atoms with E-state index in [1.54, 1.807) is 45.6 Å². The van der Waals surface area contributed by atoms with Crippen LogP contribution in [0.15, 0.2) is 18.2 Å². The van der Waals surface area contributed by atoms with Gasteiger partial charge < -0.3 is 19.5 Å². The molecule has 1 saturated carbocycles. The number of methoxy groups -OCH3 is 3. The number of hydrogen-bond donors (Lipinski definition) is 1. The third-order valence-corrected chi connectivity index (χ3v) is 4.51. The van der Waals surface area contributed by atoms with E-state index in [4.69, 9.17) is 14.2 Å². The van der Waals surface area contributed by atoms with E-state index in [2.05, 4.69) is 12.2 Å². The lowest BCUT2D eigenvalue weighted by Gasteiger charge is -2.26. The Morgan fingerprint density at radius 1 is 1.00 bits per heavy atom. The molecular weight excluding hydrogens is 306 g/mol. The van der Waals surface area contributed by atoms with E-state index in [0.717, 1.165) is 24.3 Å². The van der Waals surface area contributed by atoms with E-state index < -0.39 is 0 Å². The van der Waals surface area contributed by atoms with Crippen molar-refractivity contribution in [1.82, 2.24) is 5.32 Å². The van der Waals surface area contributed by atoms with Crippen molar-refractivity contribution in [3.05, 3.63) is 23.8 Å². The SMILES string of the molecule is COc1cc(OC)c(OC)cc1/C=C/C(=O)NC1CCC(C)CC1. The van der Waals surface area contributed by atoms with Crippen molar-refractivity contribution >= 4 is 12.0 Å². The topological polar surface area (TPSA) is 56.8 Å². The number of carbonyl (C=O) groups is 1. The highest BCUT2D eigenvalue weighted by atomic mass is 16.5. The maximum Gasteiger partial charge on any atom is 0.244 e. The predicted octanol–water partition coefficient (Wildman–Crippen LogP) is 3.42. The van der Waals surface area contributed by atoms with Crippen molar-refractivity contribution < 1.29 is 19.0 Å². The first-order valence-corrected chi connectivity index (χ1v) is 8.36. The second-order valence-corrected chi connectivity index (χ2v) is 6.25. The molecule has 5 heteroatoms. The number of benzene rings is 1. The molecule has 0 saturated heterocycles. The van der Waals surface area contributed by atoms with E-state index >= 15 is 0 Å². The normalized spacial score (nSPS) is 20.7. The lowest BCUT2D eigenvalue weighted by atomic mass is 9.87. The zero-order valence-electron chi connectivity index (χ0n) is 14.9. The Morgan fingerprint density at radius 2 is 1.58 bits per heavy atom. The molecule has 0 bridgehead atoms. The van der Waals surface area contributed by atoms with E-state index in [9.17, 15) is 4.79 Å². The van der Waals surface area contributed by atoms with Crippen LogP contribution in [0.1, 0.15) is 38.2 Å². The summed E-state index contributed by atoms with van der Waals surface area (Å²) in [4.78, 5) is 12.1. The van der Waals surface area contributed by atoms with Crippen LogP contribution in [0, 0.1) is 5.92 Å². The Balaban J connectivity index is 2.05. The summed E-state index contributed by atoms with van der Waals surface area (Å²) in [7, 11) is 4.74. The van der Waals surface area contributed by atoms with E-state index in [-0.39, 0.29) is 11.9 Å². The van der Waals surface area contributed by atoms with Gasteiger partial charge in [0.2, 0.25) is 5.91 Å². The zero-order chi connectivity index (χ0) is 17.5. The van der Waals surface area contributed by atoms with Gasteiger partial charge in [-0.1, -0.05) is 6.92 Å². The van der Waals surface area contributed by atoms with Crippen molar-refractivity contribution in [3.63, 3.8) is 0 Å². The molecule has 2 rings (SSSR count). The molecule has 1 N–H and O–H groups in total.